The fourth-order valence-electron chi connectivity index (χ4n) is 2.32. The smallest absolute Gasteiger partial charge is 0.0468 e. The lowest BCUT2D eigenvalue weighted by Crippen LogP contribution is -2.43. The first-order valence-electron chi connectivity index (χ1n) is 6.99. The molecular weight excluding hydrogens is 212 g/mol. The first-order valence-corrected chi connectivity index (χ1v) is 6.99. The van der Waals surface area contributed by atoms with Crippen LogP contribution in [0.15, 0.2) is 0 Å². The van der Waals surface area contributed by atoms with Gasteiger partial charge in [0.2, 0.25) is 0 Å². The van der Waals surface area contributed by atoms with Crippen molar-refractivity contribution < 1.29 is 5.11 Å². The van der Waals surface area contributed by atoms with Crippen LogP contribution in [0.3, 0.4) is 0 Å². The molecular formula is C14H30N2O. The molecule has 1 fully saturated rings. The zero-order chi connectivity index (χ0) is 12.9. The molecule has 1 aliphatic rings. The van der Waals surface area contributed by atoms with Crippen molar-refractivity contribution in [3.63, 3.8) is 0 Å². The van der Waals surface area contributed by atoms with E-state index in [2.05, 4.69) is 37.9 Å². The Morgan fingerprint density at radius 2 is 1.88 bits per heavy atom. The molecule has 0 aliphatic carbocycles. The van der Waals surface area contributed by atoms with Crippen molar-refractivity contribution in [1.29, 1.82) is 0 Å². The minimum Gasteiger partial charge on any atom is -0.396 e. The molecule has 0 bridgehead atoms. The molecule has 1 heterocycles. The van der Waals surface area contributed by atoms with E-state index in [1.165, 1.54) is 25.9 Å². The van der Waals surface area contributed by atoms with Gasteiger partial charge in [0.1, 0.15) is 0 Å². The third kappa shape index (κ3) is 6.39. The van der Waals surface area contributed by atoms with E-state index in [0.717, 1.165) is 19.0 Å². The first kappa shape index (κ1) is 14.9. The van der Waals surface area contributed by atoms with Crippen LogP contribution in [-0.4, -0.2) is 48.3 Å². The van der Waals surface area contributed by atoms with Gasteiger partial charge in [-0.25, -0.2) is 0 Å². The number of aliphatic hydroxyl groups excluding tert-OH is 1. The van der Waals surface area contributed by atoms with Crippen LogP contribution >= 0.6 is 0 Å². The van der Waals surface area contributed by atoms with Crippen molar-refractivity contribution >= 4 is 0 Å². The molecule has 0 saturated carbocycles. The summed E-state index contributed by atoms with van der Waals surface area (Å²) in [5.74, 6) is 1.24. The Balaban J connectivity index is 2.17. The minimum atomic E-state index is 0.239. The summed E-state index contributed by atoms with van der Waals surface area (Å²) in [6.07, 6.45) is 2.59. The van der Waals surface area contributed by atoms with Gasteiger partial charge in [-0.1, -0.05) is 6.92 Å². The fraction of sp³-hybridized carbons (Fsp3) is 1.00. The minimum absolute atomic E-state index is 0.239. The van der Waals surface area contributed by atoms with Crippen LogP contribution in [0.4, 0.5) is 0 Å². The quantitative estimate of drug-likeness (QED) is 0.770. The van der Waals surface area contributed by atoms with Crippen LogP contribution in [0.2, 0.25) is 0 Å². The maximum absolute atomic E-state index is 9.05. The summed E-state index contributed by atoms with van der Waals surface area (Å²) in [7, 11) is 0. The standard InChI is InChI=1S/C14H30N2O/c1-12(11-17)10-16-7-5-13(6-8-16)9-15-14(2,3)4/h12-13,15,17H,5-11H2,1-4H3. The Morgan fingerprint density at radius 1 is 1.29 bits per heavy atom. The van der Waals surface area contributed by atoms with Crippen LogP contribution in [-0.2, 0) is 0 Å². The van der Waals surface area contributed by atoms with E-state index in [-0.39, 0.29) is 5.54 Å². The second-order valence-electron chi connectivity index (χ2n) is 6.66. The van der Waals surface area contributed by atoms with Crippen LogP contribution < -0.4 is 5.32 Å². The van der Waals surface area contributed by atoms with Crippen molar-refractivity contribution in [3.05, 3.63) is 0 Å². The van der Waals surface area contributed by atoms with Gasteiger partial charge >= 0.3 is 0 Å². The van der Waals surface area contributed by atoms with Gasteiger partial charge < -0.3 is 15.3 Å². The maximum Gasteiger partial charge on any atom is 0.0468 e. The molecule has 1 unspecified atom stereocenters. The van der Waals surface area contributed by atoms with Gasteiger partial charge in [-0.05, 0) is 65.1 Å². The highest BCUT2D eigenvalue weighted by molar-refractivity contribution is 4.78. The molecule has 1 aliphatic heterocycles. The normalized spacial score (nSPS) is 21.7. The van der Waals surface area contributed by atoms with Crippen molar-refractivity contribution in [2.45, 2.75) is 46.1 Å². The lowest BCUT2D eigenvalue weighted by molar-refractivity contribution is 0.132. The van der Waals surface area contributed by atoms with Crippen molar-refractivity contribution in [1.82, 2.24) is 10.2 Å². The van der Waals surface area contributed by atoms with Gasteiger partial charge in [0.15, 0.2) is 0 Å². The summed E-state index contributed by atoms with van der Waals surface area (Å²) in [6.45, 7) is 13.7. The van der Waals surface area contributed by atoms with Crippen LogP contribution in [0.25, 0.3) is 0 Å². The summed E-state index contributed by atoms with van der Waals surface area (Å²) in [5.41, 5.74) is 0.239. The fourth-order valence-corrected chi connectivity index (χ4v) is 2.32. The molecule has 0 spiro atoms. The average molecular weight is 242 g/mol. The SMILES string of the molecule is CC(CO)CN1CCC(CNC(C)(C)C)CC1. The lowest BCUT2D eigenvalue weighted by atomic mass is 9.95. The molecule has 1 rings (SSSR count). The molecule has 102 valence electrons. The summed E-state index contributed by atoms with van der Waals surface area (Å²) < 4.78 is 0. The highest BCUT2D eigenvalue weighted by Crippen LogP contribution is 2.18. The predicted molar refractivity (Wildman–Crippen MR) is 73.2 cm³/mol. The van der Waals surface area contributed by atoms with Gasteiger partial charge in [0, 0.05) is 18.7 Å². The Morgan fingerprint density at radius 3 is 2.35 bits per heavy atom. The molecule has 0 aromatic rings. The van der Waals surface area contributed by atoms with E-state index in [0.29, 0.717) is 12.5 Å². The number of hydrogen-bond acceptors (Lipinski definition) is 3. The molecule has 0 amide bonds. The van der Waals surface area contributed by atoms with Gasteiger partial charge in [0.05, 0.1) is 0 Å². The zero-order valence-corrected chi connectivity index (χ0v) is 12.0. The lowest BCUT2D eigenvalue weighted by Gasteiger charge is -2.34. The number of nitrogens with one attached hydrogen (secondary N) is 1. The van der Waals surface area contributed by atoms with E-state index in [1.807, 2.05) is 0 Å². The van der Waals surface area contributed by atoms with Gasteiger partial charge in [-0.3, -0.25) is 0 Å². The first-order chi connectivity index (χ1) is 7.90. The Kier molecular flexibility index (Phi) is 5.90. The van der Waals surface area contributed by atoms with Gasteiger partial charge in [0.25, 0.3) is 0 Å². The molecule has 0 radical (unpaired) electrons. The molecule has 1 atom stereocenters. The molecule has 2 N–H and O–H groups in total. The number of piperidine rings is 1. The Hall–Kier alpha value is -0.120. The van der Waals surface area contributed by atoms with Crippen LogP contribution in [0.5, 0.6) is 0 Å². The highest BCUT2D eigenvalue weighted by Gasteiger charge is 2.21. The second kappa shape index (κ2) is 6.72. The number of hydrogen-bond donors (Lipinski definition) is 2. The summed E-state index contributed by atoms with van der Waals surface area (Å²) in [4.78, 5) is 2.49. The highest BCUT2D eigenvalue weighted by atomic mass is 16.3. The number of nitrogens with zero attached hydrogens (tertiary/aromatic N) is 1. The number of aliphatic hydroxyl groups is 1. The molecule has 3 heteroatoms. The third-order valence-electron chi connectivity index (χ3n) is 3.51. The summed E-state index contributed by atoms with van der Waals surface area (Å²) in [6, 6.07) is 0. The van der Waals surface area contributed by atoms with Gasteiger partial charge in [-0.2, -0.15) is 0 Å². The van der Waals surface area contributed by atoms with E-state index < -0.39 is 0 Å². The monoisotopic (exact) mass is 242 g/mol. The van der Waals surface area contributed by atoms with E-state index in [9.17, 15) is 0 Å². The van der Waals surface area contributed by atoms with E-state index >= 15 is 0 Å². The Labute approximate surface area is 107 Å². The molecule has 3 nitrogen and oxygen atoms in total. The molecule has 0 aromatic carbocycles. The summed E-state index contributed by atoms with van der Waals surface area (Å²) >= 11 is 0. The van der Waals surface area contributed by atoms with Crippen molar-refractivity contribution in [2.75, 3.05) is 32.8 Å². The number of likely N-dealkylation sites (tertiary alicyclic amines) is 1. The third-order valence-corrected chi connectivity index (χ3v) is 3.51. The molecule has 1 saturated heterocycles. The van der Waals surface area contributed by atoms with Crippen LogP contribution in [0, 0.1) is 11.8 Å². The molecule has 17 heavy (non-hydrogen) atoms. The van der Waals surface area contributed by atoms with Crippen molar-refractivity contribution in [2.24, 2.45) is 11.8 Å². The van der Waals surface area contributed by atoms with Crippen molar-refractivity contribution in [3.8, 4) is 0 Å². The van der Waals surface area contributed by atoms with E-state index in [1.54, 1.807) is 0 Å². The number of rotatable bonds is 5. The Bertz CT molecular complexity index is 205. The molecule has 0 aromatic heterocycles. The van der Waals surface area contributed by atoms with Gasteiger partial charge in [-0.15, -0.1) is 0 Å². The van der Waals surface area contributed by atoms with E-state index in [4.69, 9.17) is 5.11 Å². The summed E-state index contributed by atoms with van der Waals surface area (Å²) in [5, 5.41) is 12.7. The largest absolute Gasteiger partial charge is 0.396 e. The van der Waals surface area contributed by atoms with Crippen LogP contribution in [0.1, 0.15) is 40.5 Å². The predicted octanol–water partition coefficient (Wildman–Crippen LogP) is 1.71. The zero-order valence-electron chi connectivity index (χ0n) is 12.0. The maximum atomic E-state index is 9.05. The second-order valence-corrected chi connectivity index (χ2v) is 6.66. The average Bonchev–Trinajstić information content (AvgIpc) is 2.27. The topological polar surface area (TPSA) is 35.5 Å².